The molecule has 2 nitrogen and oxygen atoms in total. The second kappa shape index (κ2) is 3.74. The van der Waals surface area contributed by atoms with Crippen molar-refractivity contribution in [2.45, 2.75) is 70.1 Å². The lowest BCUT2D eigenvalue weighted by atomic mass is 9.96. The van der Waals surface area contributed by atoms with E-state index in [1.807, 2.05) is 0 Å². The van der Waals surface area contributed by atoms with Crippen LogP contribution in [0, 0.1) is 5.41 Å². The van der Waals surface area contributed by atoms with Crippen molar-refractivity contribution in [1.82, 2.24) is 5.32 Å². The van der Waals surface area contributed by atoms with Gasteiger partial charge in [-0.15, -0.1) is 0 Å². The van der Waals surface area contributed by atoms with Gasteiger partial charge in [0, 0.05) is 12.6 Å². The van der Waals surface area contributed by atoms with Crippen molar-refractivity contribution in [3.63, 3.8) is 0 Å². The van der Waals surface area contributed by atoms with Gasteiger partial charge in [-0.2, -0.15) is 0 Å². The van der Waals surface area contributed by atoms with Crippen LogP contribution in [0.3, 0.4) is 0 Å². The second-order valence-electron chi connectivity index (χ2n) is 6.01. The fraction of sp³-hybridized carbons (Fsp3) is 1.00. The molecule has 1 N–H and O–H groups in total. The van der Waals surface area contributed by atoms with E-state index >= 15 is 0 Å². The minimum absolute atomic E-state index is 0.516. The molecule has 2 saturated carbocycles. The Hall–Kier alpha value is -0.0800. The highest BCUT2D eigenvalue weighted by Crippen LogP contribution is 2.51. The van der Waals surface area contributed by atoms with E-state index < -0.39 is 0 Å². The molecule has 2 heteroatoms. The van der Waals surface area contributed by atoms with Gasteiger partial charge < -0.3 is 10.1 Å². The fourth-order valence-corrected chi connectivity index (χ4v) is 2.80. The van der Waals surface area contributed by atoms with E-state index in [1.165, 1.54) is 51.5 Å². The molecule has 2 unspecified atom stereocenters. The molecule has 1 aliphatic heterocycles. The molecular formula is C13H23NO. The first-order valence-corrected chi connectivity index (χ1v) is 6.65. The van der Waals surface area contributed by atoms with Gasteiger partial charge in [-0.1, -0.05) is 0 Å². The highest BCUT2D eigenvalue weighted by atomic mass is 16.5. The Labute approximate surface area is 92.8 Å². The van der Waals surface area contributed by atoms with Gasteiger partial charge in [0.05, 0.1) is 12.2 Å². The van der Waals surface area contributed by atoms with Crippen LogP contribution >= 0.6 is 0 Å². The van der Waals surface area contributed by atoms with Crippen LogP contribution in [-0.2, 0) is 4.74 Å². The van der Waals surface area contributed by atoms with Gasteiger partial charge in [0.15, 0.2) is 0 Å². The van der Waals surface area contributed by atoms with Gasteiger partial charge in [0.1, 0.15) is 0 Å². The van der Waals surface area contributed by atoms with Crippen molar-refractivity contribution < 1.29 is 4.74 Å². The standard InChI is InChI=1S/C13H23NO/c1-10-2-5-12(15-10)8-13(6-7-13)9-14-11-3-4-11/h10-12,14H,2-9H2,1H3. The van der Waals surface area contributed by atoms with Gasteiger partial charge in [0.2, 0.25) is 0 Å². The maximum absolute atomic E-state index is 5.93. The van der Waals surface area contributed by atoms with Crippen LogP contribution < -0.4 is 5.32 Å². The van der Waals surface area contributed by atoms with Crippen molar-refractivity contribution in [2.75, 3.05) is 6.54 Å². The fourth-order valence-electron chi connectivity index (χ4n) is 2.80. The van der Waals surface area contributed by atoms with Crippen molar-refractivity contribution in [3.05, 3.63) is 0 Å². The lowest BCUT2D eigenvalue weighted by Gasteiger charge is -2.20. The Balaban J connectivity index is 1.44. The lowest BCUT2D eigenvalue weighted by molar-refractivity contribution is 0.0378. The van der Waals surface area contributed by atoms with E-state index in [1.54, 1.807) is 0 Å². The molecule has 2 atom stereocenters. The maximum Gasteiger partial charge on any atom is 0.0585 e. The molecule has 0 amide bonds. The molecule has 0 spiro atoms. The molecule has 3 fully saturated rings. The number of nitrogens with one attached hydrogen (secondary N) is 1. The molecule has 86 valence electrons. The largest absolute Gasteiger partial charge is 0.375 e. The Kier molecular flexibility index (Phi) is 2.52. The summed E-state index contributed by atoms with van der Waals surface area (Å²) in [6, 6.07) is 0.867. The number of rotatable bonds is 5. The first-order chi connectivity index (χ1) is 7.26. The van der Waals surface area contributed by atoms with E-state index in [0.717, 1.165) is 6.04 Å². The van der Waals surface area contributed by atoms with Gasteiger partial charge in [-0.25, -0.2) is 0 Å². The molecule has 1 saturated heterocycles. The normalized spacial score (nSPS) is 38.2. The summed E-state index contributed by atoms with van der Waals surface area (Å²) >= 11 is 0. The summed E-state index contributed by atoms with van der Waals surface area (Å²) in [6.45, 7) is 3.47. The number of ether oxygens (including phenoxy) is 1. The van der Waals surface area contributed by atoms with Crippen molar-refractivity contribution in [1.29, 1.82) is 0 Å². The minimum Gasteiger partial charge on any atom is -0.375 e. The molecular weight excluding hydrogens is 186 g/mol. The third kappa shape index (κ3) is 2.54. The predicted octanol–water partition coefficient (Wildman–Crippen LogP) is 2.48. The summed E-state index contributed by atoms with van der Waals surface area (Å²) in [7, 11) is 0. The number of hydrogen-bond acceptors (Lipinski definition) is 2. The van der Waals surface area contributed by atoms with Crippen LogP contribution in [0.2, 0.25) is 0 Å². The van der Waals surface area contributed by atoms with Crippen molar-refractivity contribution in [3.8, 4) is 0 Å². The zero-order chi connectivity index (χ0) is 10.3. The Morgan fingerprint density at radius 2 is 2.00 bits per heavy atom. The average molecular weight is 209 g/mol. The Morgan fingerprint density at radius 1 is 1.20 bits per heavy atom. The minimum atomic E-state index is 0.516. The highest BCUT2D eigenvalue weighted by Gasteiger charge is 2.45. The summed E-state index contributed by atoms with van der Waals surface area (Å²) in [5.41, 5.74) is 0.636. The number of hydrogen-bond donors (Lipinski definition) is 1. The second-order valence-corrected chi connectivity index (χ2v) is 6.01. The summed E-state index contributed by atoms with van der Waals surface area (Å²) < 4.78 is 5.93. The summed E-state index contributed by atoms with van der Waals surface area (Å²) in [5, 5.41) is 3.69. The van der Waals surface area contributed by atoms with Crippen LogP contribution in [0.1, 0.15) is 51.9 Å². The molecule has 15 heavy (non-hydrogen) atoms. The summed E-state index contributed by atoms with van der Waals surface area (Å²) in [6.07, 6.45) is 10.7. The topological polar surface area (TPSA) is 21.3 Å². The first kappa shape index (κ1) is 10.1. The third-order valence-corrected chi connectivity index (χ3v) is 4.28. The Bertz CT molecular complexity index is 233. The van der Waals surface area contributed by atoms with Crippen LogP contribution in [0.15, 0.2) is 0 Å². The maximum atomic E-state index is 5.93. The quantitative estimate of drug-likeness (QED) is 0.751. The van der Waals surface area contributed by atoms with Crippen LogP contribution in [-0.4, -0.2) is 24.8 Å². The van der Waals surface area contributed by atoms with Crippen LogP contribution in [0.4, 0.5) is 0 Å². The van der Waals surface area contributed by atoms with E-state index in [0.29, 0.717) is 17.6 Å². The van der Waals surface area contributed by atoms with Gasteiger partial charge >= 0.3 is 0 Å². The van der Waals surface area contributed by atoms with E-state index in [9.17, 15) is 0 Å². The third-order valence-electron chi connectivity index (χ3n) is 4.28. The smallest absolute Gasteiger partial charge is 0.0585 e. The van der Waals surface area contributed by atoms with Crippen LogP contribution in [0.25, 0.3) is 0 Å². The van der Waals surface area contributed by atoms with E-state index in [4.69, 9.17) is 4.74 Å². The molecule has 0 aromatic heterocycles. The summed E-state index contributed by atoms with van der Waals surface area (Å²) in [5.74, 6) is 0. The molecule has 3 aliphatic rings. The molecule has 0 bridgehead atoms. The molecule has 2 aliphatic carbocycles. The molecule has 3 rings (SSSR count). The highest BCUT2D eigenvalue weighted by molar-refractivity contribution is 4.99. The predicted molar refractivity (Wildman–Crippen MR) is 60.9 cm³/mol. The van der Waals surface area contributed by atoms with E-state index in [2.05, 4.69) is 12.2 Å². The van der Waals surface area contributed by atoms with Crippen molar-refractivity contribution >= 4 is 0 Å². The molecule has 0 aromatic rings. The van der Waals surface area contributed by atoms with Gasteiger partial charge in [-0.3, -0.25) is 0 Å². The first-order valence-electron chi connectivity index (χ1n) is 6.65. The van der Waals surface area contributed by atoms with Crippen LogP contribution in [0.5, 0.6) is 0 Å². The zero-order valence-corrected chi connectivity index (χ0v) is 9.80. The molecule has 0 aromatic carbocycles. The average Bonchev–Trinajstić information content (AvgIpc) is 3.08. The molecule has 1 heterocycles. The van der Waals surface area contributed by atoms with E-state index in [-0.39, 0.29) is 0 Å². The van der Waals surface area contributed by atoms with Gasteiger partial charge in [-0.05, 0) is 57.3 Å². The lowest BCUT2D eigenvalue weighted by Crippen LogP contribution is -2.28. The monoisotopic (exact) mass is 209 g/mol. The van der Waals surface area contributed by atoms with Crippen molar-refractivity contribution in [2.24, 2.45) is 5.41 Å². The SMILES string of the molecule is CC1CCC(CC2(CNC3CC3)CC2)O1. The zero-order valence-electron chi connectivity index (χ0n) is 9.80. The van der Waals surface area contributed by atoms with Gasteiger partial charge in [0.25, 0.3) is 0 Å². The Morgan fingerprint density at radius 3 is 2.53 bits per heavy atom. The molecule has 0 radical (unpaired) electrons. The summed E-state index contributed by atoms with van der Waals surface area (Å²) in [4.78, 5) is 0.